The predicted octanol–water partition coefficient (Wildman–Crippen LogP) is 1.09. The third-order valence-electron chi connectivity index (χ3n) is 4.55. The van der Waals surface area contributed by atoms with Gasteiger partial charge in [0.1, 0.15) is 0 Å². The highest BCUT2D eigenvalue weighted by molar-refractivity contribution is 5.78. The van der Waals surface area contributed by atoms with Crippen molar-refractivity contribution in [1.29, 1.82) is 0 Å². The van der Waals surface area contributed by atoms with Crippen LogP contribution in [0.15, 0.2) is 36.5 Å². The lowest BCUT2D eigenvalue weighted by molar-refractivity contribution is -0.129. The minimum Gasteiger partial charge on any atom is -0.341 e. The van der Waals surface area contributed by atoms with Crippen molar-refractivity contribution < 1.29 is 4.79 Å². The molecule has 1 fully saturated rings. The first-order valence-electron chi connectivity index (χ1n) is 7.99. The standard InChI is InChI=1S/C17H23N5O/c1-20(12-14-6-4-3-5-7-14)15-8-9-22(13-15)17(23)10-16-11-18-19-21(16)2/h3-7,11,15H,8-10,12-13H2,1-2H3. The second kappa shape index (κ2) is 6.91. The number of rotatable bonds is 5. The van der Waals surface area contributed by atoms with Crippen LogP contribution in [-0.4, -0.2) is 56.9 Å². The van der Waals surface area contributed by atoms with Crippen molar-refractivity contribution in [2.24, 2.45) is 7.05 Å². The Morgan fingerprint density at radius 3 is 2.83 bits per heavy atom. The van der Waals surface area contributed by atoms with Gasteiger partial charge in [-0.3, -0.25) is 14.4 Å². The van der Waals surface area contributed by atoms with Gasteiger partial charge >= 0.3 is 0 Å². The lowest BCUT2D eigenvalue weighted by Crippen LogP contribution is -2.36. The molecule has 1 saturated heterocycles. The molecule has 1 aromatic carbocycles. The number of likely N-dealkylation sites (tertiary alicyclic amines) is 1. The van der Waals surface area contributed by atoms with Crippen molar-refractivity contribution in [3.8, 4) is 0 Å². The Balaban J connectivity index is 1.53. The van der Waals surface area contributed by atoms with Gasteiger partial charge in [-0.15, -0.1) is 5.10 Å². The molecule has 1 atom stereocenters. The second-order valence-corrected chi connectivity index (χ2v) is 6.21. The SMILES string of the molecule is CN(Cc1ccccc1)C1CCN(C(=O)Cc2cnnn2C)C1. The fourth-order valence-corrected chi connectivity index (χ4v) is 3.07. The number of amides is 1. The van der Waals surface area contributed by atoms with E-state index < -0.39 is 0 Å². The number of aromatic nitrogens is 3. The zero-order chi connectivity index (χ0) is 16.2. The van der Waals surface area contributed by atoms with Gasteiger partial charge in [-0.2, -0.15) is 0 Å². The minimum atomic E-state index is 0.158. The normalized spacial score (nSPS) is 17.9. The number of hydrogen-bond acceptors (Lipinski definition) is 4. The topological polar surface area (TPSA) is 54.3 Å². The van der Waals surface area contributed by atoms with E-state index in [9.17, 15) is 4.79 Å². The quantitative estimate of drug-likeness (QED) is 0.829. The Morgan fingerprint density at radius 1 is 1.35 bits per heavy atom. The van der Waals surface area contributed by atoms with E-state index in [2.05, 4.69) is 46.5 Å². The van der Waals surface area contributed by atoms with Gasteiger partial charge in [-0.1, -0.05) is 35.5 Å². The first-order chi connectivity index (χ1) is 11.1. The lowest BCUT2D eigenvalue weighted by atomic mass is 10.1. The number of benzene rings is 1. The molecule has 0 aliphatic carbocycles. The Hall–Kier alpha value is -2.21. The Labute approximate surface area is 136 Å². The van der Waals surface area contributed by atoms with Crippen LogP contribution in [-0.2, 0) is 24.8 Å². The number of likely N-dealkylation sites (N-methyl/N-ethyl adjacent to an activating group) is 1. The van der Waals surface area contributed by atoms with Crippen molar-refractivity contribution in [1.82, 2.24) is 24.8 Å². The van der Waals surface area contributed by atoms with Crippen LogP contribution in [0.4, 0.5) is 0 Å². The summed E-state index contributed by atoms with van der Waals surface area (Å²) in [6, 6.07) is 10.9. The highest BCUT2D eigenvalue weighted by Gasteiger charge is 2.29. The van der Waals surface area contributed by atoms with Crippen molar-refractivity contribution >= 4 is 5.91 Å². The van der Waals surface area contributed by atoms with Crippen LogP contribution in [0.25, 0.3) is 0 Å². The summed E-state index contributed by atoms with van der Waals surface area (Å²) in [7, 11) is 3.95. The summed E-state index contributed by atoms with van der Waals surface area (Å²) >= 11 is 0. The summed E-state index contributed by atoms with van der Waals surface area (Å²) in [6.07, 6.45) is 3.06. The van der Waals surface area contributed by atoms with Crippen molar-refractivity contribution in [2.45, 2.75) is 25.4 Å². The summed E-state index contributed by atoms with van der Waals surface area (Å²) in [4.78, 5) is 16.7. The summed E-state index contributed by atoms with van der Waals surface area (Å²) in [5.41, 5.74) is 2.16. The maximum atomic E-state index is 12.4. The third-order valence-corrected chi connectivity index (χ3v) is 4.55. The number of nitrogens with zero attached hydrogens (tertiary/aromatic N) is 5. The van der Waals surface area contributed by atoms with Crippen molar-refractivity contribution in [3.05, 3.63) is 47.8 Å². The number of aryl methyl sites for hydroxylation is 1. The van der Waals surface area contributed by atoms with E-state index in [0.29, 0.717) is 12.5 Å². The van der Waals surface area contributed by atoms with Gasteiger partial charge in [0.15, 0.2) is 0 Å². The fourth-order valence-electron chi connectivity index (χ4n) is 3.07. The van der Waals surface area contributed by atoms with Crippen LogP contribution in [0.3, 0.4) is 0 Å². The Kier molecular flexibility index (Phi) is 4.71. The Bertz CT molecular complexity index is 654. The summed E-state index contributed by atoms with van der Waals surface area (Å²) < 4.78 is 1.66. The van der Waals surface area contributed by atoms with Crippen molar-refractivity contribution in [2.75, 3.05) is 20.1 Å². The van der Waals surface area contributed by atoms with E-state index in [1.807, 2.05) is 18.0 Å². The monoisotopic (exact) mass is 313 g/mol. The molecule has 1 amide bonds. The van der Waals surface area contributed by atoms with E-state index in [1.165, 1.54) is 5.56 Å². The van der Waals surface area contributed by atoms with Gasteiger partial charge in [0.2, 0.25) is 5.91 Å². The molecular weight excluding hydrogens is 290 g/mol. The zero-order valence-corrected chi connectivity index (χ0v) is 13.7. The molecule has 0 spiro atoms. The molecule has 23 heavy (non-hydrogen) atoms. The van der Waals surface area contributed by atoms with Crippen LogP contribution >= 0.6 is 0 Å². The lowest BCUT2D eigenvalue weighted by Gasteiger charge is -2.24. The molecule has 1 aromatic heterocycles. The summed E-state index contributed by atoms with van der Waals surface area (Å²) in [6.45, 7) is 2.54. The molecule has 0 radical (unpaired) electrons. The maximum Gasteiger partial charge on any atom is 0.228 e. The maximum absolute atomic E-state index is 12.4. The van der Waals surface area contributed by atoms with Crippen LogP contribution in [0, 0.1) is 0 Å². The molecule has 6 heteroatoms. The molecule has 2 heterocycles. The number of carbonyl (C=O) groups excluding carboxylic acids is 1. The van der Waals surface area contributed by atoms with E-state index >= 15 is 0 Å². The minimum absolute atomic E-state index is 0.158. The van der Waals surface area contributed by atoms with Gasteiger partial charge in [-0.05, 0) is 19.0 Å². The molecule has 3 rings (SSSR count). The fraction of sp³-hybridized carbons (Fsp3) is 0.471. The zero-order valence-electron chi connectivity index (χ0n) is 13.7. The van der Waals surface area contributed by atoms with Crippen LogP contribution in [0.1, 0.15) is 17.7 Å². The number of carbonyl (C=O) groups is 1. The Morgan fingerprint density at radius 2 is 2.13 bits per heavy atom. The first kappa shape index (κ1) is 15.7. The predicted molar refractivity (Wildman–Crippen MR) is 87.6 cm³/mol. The van der Waals surface area contributed by atoms with Gasteiger partial charge in [0.25, 0.3) is 0 Å². The highest BCUT2D eigenvalue weighted by Crippen LogP contribution is 2.17. The molecule has 0 bridgehead atoms. The van der Waals surface area contributed by atoms with Gasteiger partial charge in [0.05, 0.1) is 18.3 Å². The van der Waals surface area contributed by atoms with Crippen LogP contribution < -0.4 is 0 Å². The van der Waals surface area contributed by atoms with E-state index in [4.69, 9.17) is 0 Å². The molecule has 0 N–H and O–H groups in total. The molecule has 2 aromatic rings. The average molecular weight is 313 g/mol. The summed E-state index contributed by atoms with van der Waals surface area (Å²) in [5.74, 6) is 0.158. The molecular formula is C17H23N5O. The van der Waals surface area contributed by atoms with Gasteiger partial charge in [0, 0.05) is 32.7 Å². The molecule has 0 saturated carbocycles. The molecule has 1 unspecified atom stereocenters. The van der Waals surface area contributed by atoms with Gasteiger partial charge < -0.3 is 4.90 Å². The smallest absolute Gasteiger partial charge is 0.228 e. The largest absolute Gasteiger partial charge is 0.341 e. The number of hydrogen-bond donors (Lipinski definition) is 0. The van der Waals surface area contributed by atoms with Crippen LogP contribution in [0.2, 0.25) is 0 Å². The first-order valence-corrected chi connectivity index (χ1v) is 7.99. The second-order valence-electron chi connectivity index (χ2n) is 6.21. The third kappa shape index (κ3) is 3.76. The molecule has 122 valence electrons. The van der Waals surface area contributed by atoms with Gasteiger partial charge in [-0.25, -0.2) is 0 Å². The summed E-state index contributed by atoms with van der Waals surface area (Å²) in [5, 5.41) is 7.70. The molecule has 1 aliphatic heterocycles. The molecule has 1 aliphatic rings. The van der Waals surface area contributed by atoms with E-state index in [-0.39, 0.29) is 5.91 Å². The average Bonchev–Trinajstić information content (AvgIpc) is 3.18. The van der Waals surface area contributed by atoms with Crippen LogP contribution in [0.5, 0.6) is 0 Å². The highest BCUT2D eigenvalue weighted by atomic mass is 16.2. The van der Waals surface area contributed by atoms with Crippen molar-refractivity contribution in [3.63, 3.8) is 0 Å². The van der Waals surface area contributed by atoms with E-state index in [1.54, 1.807) is 10.9 Å². The molecule has 6 nitrogen and oxygen atoms in total. The van der Waals surface area contributed by atoms with E-state index in [0.717, 1.165) is 31.7 Å².